The van der Waals surface area contributed by atoms with Gasteiger partial charge in [0.15, 0.2) is 0 Å². The fourth-order valence-electron chi connectivity index (χ4n) is 3.03. The molecule has 0 radical (unpaired) electrons. The van der Waals surface area contributed by atoms with E-state index in [1.165, 1.54) is 24.5 Å². The number of nitrogens with one attached hydrogen (secondary N) is 1. The number of benzene rings is 2. The van der Waals surface area contributed by atoms with E-state index in [-0.39, 0.29) is 12.0 Å². The summed E-state index contributed by atoms with van der Waals surface area (Å²) in [6.07, 6.45) is -4.88. The lowest BCUT2D eigenvalue weighted by Gasteiger charge is -2.20. The molecule has 0 unspecified atom stereocenters. The van der Waals surface area contributed by atoms with Crippen molar-refractivity contribution in [2.75, 3.05) is 0 Å². The number of para-hydroxylation sites is 1. The first kappa shape index (κ1) is 20.9. The fraction of sp³-hybridized carbons (Fsp3) is 0.211. The smallest absolute Gasteiger partial charge is 0.464 e. The lowest BCUT2D eigenvalue weighted by molar-refractivity contribution is -0.138. The second kappa shape index (κ2) is 8.68. The summed E-state index contributed by atoms with van der Waals surface area (Å²) >= 11 is 0. The van der Waals surface area contributed by atoms with E-state index in [1.54, 1.807) is 24.3 Å². The Kier molecular flexibility index (Phi) is 6.26. The van der Waals surface area contributed by atoms with Crippen LogP contribution in [-0.4, -0.2) is 29.5 Å². The Balaban J connectivity index is 1.75. The maximum Gasteiger partial charge on any atom is 0.635 e. The summed E-state index contributed by atoms with van der Waals surface area (Å²) < 4.78 is 49.6. The molecule has 0 fully saturated rings. The summed E-state index contributed by atoms with van der Waals surface area (Å²) in [7, 11) is -2.18. The summed E-state index contributed by atoms with van der Waals surface area (Å²) in [6, 6.07) is 11.8. The minimum Gasteiger partial charge on any atom is -0.464 e. The van der Waals surface area contributed by atoms with Crippen LogP contribution in [0.4, 0.5) is 13.2 Å². The first-order valence-electron chi connectivity index (χ1n) is 8.65. The van der Waals surface area contributed by atoms with Crippen LogP contribution >= 0.6 is 0 Å². The van der Waals surface area contributed by atoms with Crippen molar-refractivity contribution >= 4 is 24.2 Å². The van der Waals surface area contributed by atoms with Crippen molar-refractivity contribution in [2.24, 2.45) is 0 Å². The maximum absolute atomic E-state index is 13.1. The van der Waals surface area contributed by atoms with Crippen molar-refractivity contribution in [1.82, 2.24) is 5.32 Å². The lowest BCUT2D eigenvalue weighted by Crippen LogP contribution is -2.43. The Morgan fingerprint density at radius 2 is 1.79 bits per heavy atom. The first-order valence-corrected chi connectivity index (χ1v) is 8.65. The standard InChI is InChI=1S/C19H17BF3NO5/c21-19(22,23)15-7-3-1-5-12(15)9-17(25)24-18(29-20(26)27)10-13-11-28-16-8-4-2-6-14(13)16/h1-8,11,18,26-27H,9-10H2,(H,24,25)/t18-/m1/s1. The van der Waals surface area contributed by atoms with E-state index in [0.717, 1.165) is 11.5 Å². The van der Waals surface area contributed by atoms with E-state index in [2.05, 4.69) is 5.32 Å². The quantitative estimate of drug-likeness (QED) is 0.414. The average Bonchev–Trinajstić information content (AvgIpc) is 3.03. The molecule has 1 heterocycles. The molecule has 0 aliphatic carbocycles. The number of halogens is 3. The molecule has 29 heavy (non-hydrogen) atoms. The molecule has 3 aromatic rings. The summed E-state index contributed by atoms with van der Waals surface area (Å²) in [5, 5.41) is 21.4. The van der Waals surface area contributed by atoms with E-state index >= 15 is 0 Å². The molecule has 0 aliphatic heterocycles. The molecule has 1 atom stereocenters. The molecule has 0 spiro atoms. The minimum absolute atomic E-state index is 0.0152. The Labute approximate surface area is 164 Å². The van der Waals surface area contributed by atoms with Crippen LogP contribution in [0.3, 0.4) is 0 Å². The van der Waals surface area contributed by atoms with E-state index in [4.69, 9.17) is 19.1 Å². The average molecular weight is 407 g/mol. The van der Waals surface area contributed by atoms with Crippen LogP contribution in [-0.2, 0) is 28.5 Å². The number of furan rings is 1. The van der Waals surface area contributed by atoms with Gasteiger partial charge in [0.2, 0.25) is 5.91 Å². The molecule has 1 amide bonds. The van der Waals surface area contributed by atoms with Crippen molar-refractivity contribution in [2.45, 2.75) is 25.2 Å². The van der Waals surface area contributed by atoms with E-state index in [1.807, 2.05) is 0 Å². The van der Waals surface area contributed by atoms with Gasteiger partial charge >= 0.3 is 13.5 Å². The SMILES string of the molecule is O=C(Cc1ccccc1C(F)(F)F)N[C@@H](Cc1coc2ccccc12)OB(O)O. The van der Waals surface area contributed by atoms with Crippen LogP contribution in [0.15, 0.2) is 59.2 Å². The third-order valence-corrected chi connectivity index (χ3v) is 4.25. The number of hydrogen-bond donors (Lipinski definition) is 3. The van der Waals surface area contributed by atoms with Crippen LogP contribution in [0.2, 0.25) is 0 Å². The number of hydrogen-bond acceptors (Lipinski definition) is 5. The predicted octanol–water partition coefficient (Wildman–Crippen LogP) is 2.67. The Morgan fingerprint density at radius 3 is 2.52 bits per heavy atom. The lowest BCUT2D eigenvalue weighted by atomic mass is 10.0. The van der Waals surface area contributed by atoms with Gasteiger partial charge in [-0.05, 0) is 17.7 Å². The molecule has 10 heteroatoms. The van der Waals surface area contributed by atoms with Gasteiger partial charge in [-0.3, -0.25) is 4.79 Å². The zero-order valence-corrected chi connectivity index (χ0v) is 15.0. The highest BCUT2D eigenvalue weighted by Crippen LogP contribution is 2.32. The molecule has 0 saturated heterocycles. The molecule has 0 bridgehead atoms. The van der Waals surface area contributed by atoms with Gasteiger partial charge in [0, 0.05) is 17.4 Å². The molecule has 6 nitrogen and oxygen atoms in total. The van der Waals surface area contributed by atoms with E-state index < -0.39 is 37.6 Å². The van der Waals surface area contributed by atoms with Crippen LogP contribution < -0.4 is 5.32 Å². The normalized spacial score (nSPS) is 12.7. The number of fused-ring (bicyclic) bond motifs is 1. The van der Waals surface area contributed by atoms with Gasteiger partial charge in [0.05, 0.1) is 18.2 Å². The number of carbonyl (C=O) groups excluding carboxylic acids is 1. The maximum atomic E-state index is 13.1. The van der Waals surface area contributed by atoms with Gasteiger partial charge in [-0.25, -0.2) is 0 Å². The Hall–Kier alpha value is -2.82. The van der Waals surface area contributed by atoms with Crippen molar-refractivity contribution in [1.29, 1.82) is 0 Å². The molecular formula is C19H17BF3NO5. The molecule has 0 saturated carbocycles. The van der Waals surface area contributed by atoms with Gasteiger partial charge in [0.1, 0.15) is 11.8 Å². The zero-order chi connectivity index (χ0) is 21.0. The fourth-order valence-corrected chi connectivity index (χ4v) is 3.03. The monoisotopic (exact) mass is 407 g/mol. The molecule has 3 rings (SSSR count). The van der Waals surface area contributed by atoms with Gasteiger partial charge in [-0.2, -0.15) is 13.2 Å². The summed E-state index contributed by atoms with van der Waals surface area (Å²) in [6.45, 7) is 0. The topological polar surface area (TPSA) is 91.9 Å². The summed E-state index contributed by atoms with van der Waals surface area (Å²) in [5.74, 6) is -0.764. The zero-order valence-electron chi connectivity index (χ0n) is 15.0. The Morgan fingerprint density at radius 1 is 1.10 bits per heavy atom. The number of amides is 1. The van der Waals surface area contributed by atoms with Gasteiger partial charge in [-0.1, -0.05) is 36.4 Å². The van der Waals surface area contributed by atoms with Gasteiger partial charge < -0.3 is 24.4 Å². The molecule has 152 valence electrons. The van der Waals surface area contributed by atoms with Crippen molar-refractivity contribution < 1.29 is 37.1 Å². The molecule has 3 N–H and O–H groups in total. The van der Waals surface area contributed by atoms with Crippen LogP contribution in [0.1, 0.15) is 16.7 Å². The highest BCUT2D eigenvalue weighted by molar-refractivity contribution is 6.32. The number of rotatable bonds is 7. The molecule has 2 aromatic carbocycles. The van der Waals surface area contributed by atoms with Crippen molar-refractivity contribution in [3.05, 3.63) is 71.5 Å². The van der Waals surface area contributed by atoms with Crippen molar-refractivity contribution in [3.8, 4) is 0 Å². The van der Waals surface area contributed by atoms with Crippen LogP contribution in [0, 0.1) is 0 Å². The highest BCUT2D eigenvalue weighted by atomic mass is 19.4. The number of carbonyl (C=O) groups is 1. The largest absolute Gasteiger partial charge is 0.635 e. The van der Waals surface area contributed by atoms with Gasteiger partial charge in [0.25, 0.3) is 0 Å². The van der Waals surface area contributed by atoms with Crippen LogP contribution in [0.5, 0.6) is 0 Å². The second-order valence-corrected chi connectivity index (χ2v) is 6.31. The van der Waals surface area contributed by atoms with E-state index in [9.17, 15) is 18.0 Å². The first-order chi connectivity index (χ1) is 13.7. The summed E-state index contributed by atoms with van der Waals surface area (Å²) in [4.78, 5) is 12.3. The Bertz CT molecular complexity index is 989. The van der Waals surface area contributed by atoms with E-state index in [0.29, 0.717) is 11.1 Å². The van der Waals surface area contributed by atoms with Gasteiger partial charge in [-0.15, -0.1) is 0 Å². The molecule has 1 aromatic heterocycles. The predicted molar refractivity (Wildman–Crippen MR) is 98.3 cm³/mol. The molecular weight excluding hydrogens is 390 g/mol. The number of alkyl halides is 3. The van der Waals surface area contributed by atoms with Crippen molar-refractivity contribution in [3.63, 3.8) is 0 Å². The van der Waals surface area contributed by atoms with Crippen LogP contribution in [0.25, 0.3) is 11.0 Å². The molecule has 0 aliphatic rings. The minimum atomic E-state index is -4.59. The summed E-state index contributed by atoms with van der Waals surface area (Å²) in [5.41, 5.74) is 0.115. The third-order valence-electron chi connectivity index (χ3n) is 4.25. The third kappa shape index (κ3) is 5.38. The second-order valence-electron chi connectivity index (χ2n) is 6.31. The highest BCUT2D eigenvalue weighted by Gasteiger charge is 2.33.